The molecule has 0 spiro atoms. The number of carbonyl (C=O) groups is 3. The first-order valence-corrected chi connectivity index (χ1v) is 6.06. The van der Waals surface area contributed by atoms with Crippen LogP contribution in [0.2, 0.25) is 0 Å². The molecule has 0 radical (unpaired) electrons. The lowest BCUT2D eigenvalue weighted by molar-refractivity contribution is -0.152. The highest BCUT2D eigenvalue weighted by Gasteiger charge is 2.38. The van der Waals surface area contributed by atoms with Crippen molar-refractivity contribution in [2.75, 3.05) is 0 Å². The van der Waals surface area contributed by atoms with Crippen LogP contribution < -0.4 is 0 Å². The Morgan fingerprint density at radius 3 is 2.25 bits per heavy atom. The monoisotopic (exact) mass is 273 g/mol. The number of aliphatic carboxylic acids is 1. The Bertz CT molecular complexity index is 569. The van der Waals surface area contributed by atoms with E-state index in [0.717, 1.165) is 0 Å². The van der Waals surface area contributed by atoms with Crippen LogP contribution in [-0.2, 0) is 9.59 Å². The molecule has 0 aliphatic rings. The number of hydrogen-bond donors (Lipinski definition) is 1. The van der Waals surface area contributed by atoms with Crippen molar-refractivity contribution in [1.29, 1.82) is 5.26 Å². The van der Waals surface area contributed by atoms with Crippen molar-refractivity contribution in [3.05, 3.63) is 35.9 Å². The maximum Gasteiger partial charge on any atom is 0.316 e. The summed E-state index contributed by atoms with van der Waals surface area (Å²) in [4.78, 5) is 35.0. The van der Waals surface area contributed by atoms with Crippen LogP contribution in [0, 0.1) is 22.7 Å². The van der Waals surface area contributed by atoms with Crippen LogP contribution in [0.15, 0.2) is 30.3 Å². The molecule has 0 saturated heterocycles. The molecule has 0 bridgehead atoms. The number of hydrogen-bond acceptors (Lipinski definition) is 4. The number of benzene rings is 1. The van der Waals surface area contributed by atoms with E-state index in [4.69, 9.17) is 10.4 Å². The van der Waals surface area contributed by atoms with Crippen LogP contribution in [0.4, 0.5) is 0 Å². The van der Waals surface area contributed by atoms with Gasteiger partial charge >= 0.3 is 5.97 Å². The van der Waals surface area contributed by atoms with Gasteiger partial charge in [-0.15, -0.1) is 0 Å². The molecule has 1 atom stereocenters. The molecule has 1 unspecified atom stereocenters. The first-order chi connectivity index (χ1) is 9.30. The Kier molecular flexibility index (Phi) is 4.76. The average Bonchev–Trinajstić information content (AvgIpc) is 2.44. The van der Waals surface area contributed by atoms with Gasteiger partial charge in [0.1, 0.15) is 11.3 Å². The van der Waals surface area contributed by atoms with Crippen molar-refractivity contribution in [1.82, 2.24) is 0 Å². The summed E-state index contributed by atoms with van der Waals surface area (Å²) in [7, 11) is 0. The molecule has 5 nitrogen and oxygen atoms in total. The fourth-order valence-corrected chi connectivity index (χ4v) is 1.56. The standard InChI is InChI=1S/C15H15NO4/c1-15(2,14(19)20)12(17)8-11(9-16)13(18)10-6-4-3-5-7-10/h3-7,11H,8H2,1-2H3,(H,19,20). The maximum atomic E-state index is 12.1. The van der Waals surface area contributed by atoms with E-state index in [-0.39, 0.29) is 0 Å². The fraction of sp³-hybridized carbons (Fsp3) is 0.333. The van der Waals surface area contributed by atoms with Crippen molar-refractivity contribution in [2.45, 2.75) is 20.3 Å². The van der Waals surface area contributed by atoms with Gasteiger partial charge in [0.2, 0.25) is 0 Å². The first kappa shape index (κ1) is 15.6. The Hall–Kier alpha value is -2.48. The molecule has 104 valence electrons. The third kappa shape index (κ3) is 3.29. The largest absolute Gasteiger partial charge is 0.481 e. The summed E-state index contributed by atoms with van der Waals surface area (Å²) in [5.41, 5.74) is -1.27. The lowest BCUT2D eigenvalue weighted by Gasteiger charge is -2.18. The molecule has 1 rings (SSSR count). The summed E-state index contributed by atoms with van der Waals surface area (Å²) >= 11 is 0. The summed E-state index contributed by atoms with van der Waals surface area (Å²) in [5.74, 6) is -3.54. The SMILES string of the molecule is CC(C)(C(=O)O)C(=O)CC(C#N)C(=O)c1ccccc1. The van der Waals surface area contributed by atoms with Gasteiger partial charge in [0.25, 0.3) is 0 Å². The van der Waals surface area contributed by atoms with E-state index < -0.39 is 35.3 Å². The summed E-state index contributed by atoms with van der Waals surface area (Å²) in [5, 5.41) is 18.0. The molecule has 0 aliphatic heterocycles. The minimum atomic E-state index is -1.61. The Morgan fingerprint density at radius 1 is 1.25 bits per heavy atom. The Morgan fingerprint density at radius 2 is 1.80 bits per heavy atom. The van der Waals surface area contributed by atoms with Gasteiger partial charge in [-0.2, -0.15) is 5.26 Å². The van der Waals surface area contributed by atoms with Crippen molar-refractivity contribution in [2.24, 2.45) is 11.3 Å². The van der Waals surface area contributed by atoms with Crippen LogP contribution in [-0.4, -0.2) is 22.6 Å². The number of rotatable bonds is 6. The minimum Gasteiger partial charge on any atom is -0.481 e. The summed E-state index contributed by atoms with van der Waals surface area (Å²) in [6.07, 6.45) is -0.399. The molecule has 0 heterocycles. The van der Waals surface area contributed by atoms with Crippen LogP contribution >= 0.6 is 0 Å². The number of nitriles is 1. The number of Topliss-reactive ketones (excluding diaryl/α,β-unsaturated/α-hetero) is 2. The molecule has 0 amide bonds. The zero-order valence-electron chi connectivity index (χ0n) is 11.3. The molecule has 0 saturated carbocycles. The zero-order valence-corrected chi connectivity index (χ0v) is 11.3. The van der Waals surface area contributed by atoms with Crippen molar-refractivity contribution in [3.8, 4) is 6.07 Å². The van der Waals surface area contributed by atoms with E-state index in [1.807, 2.05) is 0 Å². The summed E-state index contributed by atoms with van der Waals surface area (Å²) < 4.78 is 0. The molecule has 1 aromatic rings. The van der Waals surface area contributed by atoms with Gasteiger partial charge in [-0.05, 0) is 13.8 Å². The molecule has 5 heteroatoms. The molecular formula is C15H15NO4. The Balaban J connectivity index is 2.90. The van der Waals surface area contributed by atoms with E-state index in [1.165, 1.54) is 13.8 Å². The third-order valence-electron chi connectivity index (χ3n) is 3.15. The van der Waals surface area contributed by atoms with Crippen LogP contribution in [0.5, 0.6) is 0 Å². The molecule has 0 fully saturated rings. The van der Waals surface area contributed by atoms with Crippen molar-refractivity contribution in [3.63, 3.8) is 0 Å². The number of nitrogens with zero attached hydrogens (tertiary/aromatic N) is 1. The first-order valence-electron chi connectivity index (χ1n) is 6.06. The van der Waals surface area contributed by atoms with Crippen LogP contribution in [0.25, 0.3) is 0 Å². The third-order valence-corrected chi connectivity index (χ3v) is 3.15. The van der Waals surface area contributed by atoms with Crippen molar-refractivity contribution < 1.29 is 19.5 Å². The van der Waals surface area contributed by atoms with Crippen LogP contribution in [0.1, 0.15) is 30.6 Å². The maximum absolute atomic E-state index is 12.1. The number of carbonyl (C=O) groups excluding carboxylic acids is 2. The second-order valence-electron chi connectivity index (χ2n) is 4.97. The van der Waals surface area contributed by atoms with E-state index in [1.54, 1.807) is 36.4 Å². The van der Waals surface area contributed by atoms with Gasteiger partial charge in [0.15, 0.2) is 11.6 Å². The topological polar surface area (TPSA) is 95.2 Å². The van der Waals surface area contributed by atoms with Crippen molar-refractivity contribution >= 4 is 17.5 Å². The zero-order chi connectivity index (χ0) is 15.3. The lowest BCUT2D eigenvalue weighted by atomic mass is 9.82. The molecule has 0 aliphatic carbocycles. The molecular weight excluding hydrogens is 258 g/mol. The van der Waals surface area contributed by atoms with E-state index in [9.17, 15) is 14.4 Å². The minimum absolute atomic E-state index is 0.333. The van der Waals surface area contributed by atoms with E-state index >= 15 is 0 Å². The highest BCUT2D eigenvalue weighted by Crippen LogP contribution is 2.23. The predicted molar refractivity (Wildman–Crippen MR) is 70.9 cm³/mol. The number of carboxylic acids is 1. The van der Waals surface area contributed by atoms with Crippen LogP contribution in [0.3, 0.4) is 0 Å². The lowest BCUT2D eigenvalue weighted by Crippen LogP contribution is -2.35. The van der Waals surface area contributed by atoms with E-state index in [2.05, 4.69) is 0 Å². The quantitative estimate of drug-likeness (QED) is 0.632. The molecule has 1 aromatic carbocycles. The number of ketones is 2. The highest BCUT2D eigenvalue weighted by molar-refractivity contribution is 6.06. The second kappa shape index (κ2) is 6.11. The number of carboxylic acid groups (broad SMARTS) is 1. The normalized spacial score (nSPS) is 12.2. The van der Waals surface area contributed by atoms with Gasteiger partial charge in [-0.3, -0.25) is 14.4 Å². The highest BCUT2D eigenvalue weighted by atomic mass is 16.4. The fourth-order valence-electron chi connectivity index (χ4n) is 1.56. The second-order valence-corrected chi connectivity index (χ2v) is 4.97. The average molecular weight is 273 g/mol. The molecule has 1 N–H and O–H groups in total. The van der Waals surface area contributed by atoms with Gasteiger partial charge < -0.3 is 5.11 Å². The smallest absolute Gasteiger partial charge is 0.316 e. The van der Waals surface area contributed by atoms with E-state index in [0.29, 0.717) is 5.56 Å². The summed E-state index contributed by atoms with van der Waals surface area (Å²) in [6.45, 7) is 2.53. The summed E-state index contributed by atoms with van der Waals surface area (Å²) in [6, 6.07) is 9.94. The van der Waals surface area contributed by atoms with Gasteiger partial charge in [-0.25, -0.2) is 0 Å². The van der Waals surface area contributed by atoms with Gasteiger partial charge in [0, 0.05) is 12.0 Å². The Labute approximate surface area is 116 Å². The molecule has 20 heavy (non-hydrogen) atoms. The molecule has 0 aromatic heterocycles. The predicted octanol–water partition coefficient (Wildman–Crippen LogP) is 2.08. The van der Waals surface area contributed by atoms with Gasteiger partial charge in [0.05, 0.1) is 6.07 Å². The van der Waals surface area contributed by atoms with Gasteiger partial charge in [-0.1, -0.05) is 30.3 Å².